The molecule has 2 aromatic rings. The maximum absolute atomic E-state index is 5.59. The first-order valence-corrected chi connectivity index (χ1v) is 6.13. The third-order valence-electron chi connectivity index (χ3n) is 3.01. The summed E-state index contributed by atoms with van der Waals surface area (Å²) < 4.78 is 10.8. The van der Waals surface area contributed by atoms with E-state index in [1.807, 2.05) is 6.07 Å². The summed E-state index contributed by atoms with van der Waals surface area (Å²) in [6, 6.07) is 4.12. The predicted molar refractivity (Wildman–Crippen MR) is 64.7 cm³/mol. The van der Waals surface area contributed by atoms with E-state index in [-0.39, 0.29) is 0 Å². The van der Waals surface area contributed by atoms with Gasteiger partial charge in [0.1, 0.15) is 0 Å². The summed E-state index contributed by atoms with van der Waals surface area (Å²) >= 11 is 0. The lowest BCUT2D eigenvalue weighted by Crippen LogP contribution is -2.48. The van der Waals surface area contributed by atoms with E-state index in [1.165, 1.54) is 0 Å². The lowest BCUT2D eigenvalue weighted by molar-refractivity contribution is 0.184. The molecule has 1 aliphatic heterocycles. The van der Waals surface area contributed by atoms with E-state index in [0.717, 1.165) is 19.6 Å². The smallest absolute Gasteiger partial charge is 0.283 e. The third kappa shape index (κ3) is 2.44. The van der Waals surface area contributed by atoms with Crippen molar-refractivity contribution in [3.8, 4) is 11.7 Å². The maximum atomic E-state index is 5.59. The number of nitrogens with zero attached hydrogens (tertiary/aromatic N) is 3. The van der Waals surface area contributed by atoms with Gasteiger partial charge in [0.25, 0.3) is 5.89 Å². The van der Waals surface area contributed by atoms with Gasteiger partial charge < -0.3 is 14.2 Å². The fraction of sp³-hybridized carbons (Fsp3) is 0.500. The lowest BCUT2D eigenvalue weighted by atomic mass is 10.2. The number of piperazine rings is 1. The van der Waals surface area contributed by atoms with Crippen LogP contribution in [0.1, 0.15) is 12.8 Å². The topological polar surface area (TPSA) is 67.3 Å². The quantitative estimate of drug-likeness (QED) is 0.878. The number of rotatable bonds is 3. The molecule has 0 aromatic carbocycles. The Balaban J connectivity index is 1.66. The summed E-state index contributed by atoms with van der Waals surface area (Å²) in [5.41, 5.74) is 0. The highest BCUT2D eigenvalue weighted by atomic mass is 16.4. The van der Waals surface area contributed by atoms with Gasteiger partial charge in [0.05, 0.1) is 12.8 Å². The van der Waals surface area contributed by atoms with Crippen LogP contribution in [0.25, 0.3) is 11.7 Å². The number of hydrogen-bond donors (Lipinski definition) is 1. The van der Waals surface area contributed by atoms with Gasteiger partial charge in [-0.15, -0.1) is 10.2 Å². The molecule has 0 spiro atoms. The van der Waals surface area contributed by atoms with Crippen molar-refractivity contribution in [3.63, 3.8) is 0 Å². The third-order valence-corrected chi connectivity index (χ3v) is 3.01. The Morgan fingerprint density at radius 1 is 1.50 bits per heavy atom. The Kier molecular flexibility index (Phi) is 3.12. The SMILES string of the molecule is C[C@H]1CN(Cc2nnc(-c3ccco3)o2)CCN1. The molecular weight excluding hydrogens is 232 g/mol. The molecule has 0 aliphatic carbocycles. The molecule has 0 radical (unpaired) electrons. The van der Waals surface area contributed by atoms with Crippen molar-refractivity contribution in [3.05, 3.63) is 24.3 Å². The Labute approximate surface area is 105 Å². The molecule has 1 aliphatic rings. The molecule has 18 heavy (non-hydrogen) atoms. The van der Waals surface area contributed by atoms with Gasteiger partial charge in [0.15, 0.2) is 5.76 Å². The second kappa shape index (κ2) is 4.91. The number of hydrogen-bond acceptors (Lipinski definition) is 6. The Morgan fingerprint density at radius 2 is 2.44 bits per heavy atom. The van der Waals surface area contributed by atoms with Crippen molar-refractivity contribution in [2.75, 3.05) is 19.6 Å². The van der Waals surface area contributed by atoms with Crippen molar-refractivity contribution in [1.82, 2.24) is 20.4 Å². The zero-order valence-corrected chi connectivity index (χ0v) is 10.3. The fourth-order valence-corrected chi connectivity index (χ4v) is 2.16. The van der Waals surface area contributed by atoms with Crippen molar-refractivity contribution in [1.29, 1.82) is 0 Å². The average molecular weight is 248 g/mol. The number of furan rings is 1. The summed E-state index contributed by atoms with van der Waals surface area (Å²) in [7, 11) is 0. The highest BCUT2D eigenvalue weighted by Gasteiger charge is 2.18. The van der Waals surface area contributed by atoms with Crippen molar-refractivity contribution >= 4 is 0 Å². The van der Waals surface area contributed by atoms with Crippen molar-refractivity contribution in [2.45, 2.75) is 19.5 Å². The Hall–Kier alpha value is -1.66. The number of aromatic nitrogens is 2. The second-order valence-electron chi connectivity index (χ2n) is 4.57. The average Bonchev–Trinajstić information content (AvgIpc) is 2.98. The summed E-state index contributed by atoms with van der Waals surface area (Å²) in [5, 5.41) is 11.4. The van der Waals surface area contributed by atoms with Gasteiger partial charge in [-0.05, 0) is 19.1 Å². The molecule has 6 nitrogen and oxygen atoms in total. The molecule has 2 aromatic heterocycles. The maximum Gasteiger partial charge on any atom is 0.283 e. The first-order valence-electron chi connectivity index (χ1n) is 6.13. The molecule has 1 atom stereocenters. The van der Waals surface area contributed by atoms with Crippen LogP contribution in [0.4, 0.5) is 0 Å². The minimum absolute atomic E-state index is 0.443. The van der Waals surface area contributed by atoms with E-state index < -0.39 is 0 Å². The predicted octanol–water partition coefficient (Wildman–Crippen LogP) is 1.12. The Morgan fingerprint density at radius 3 is 3.22 bits per heavy atom. The van der Waals surface area contributed by atoms with E-state index in [4.69, 9.17) is 8.83 Å². The summed E-state index contributed by atoms with van der Waals surface area (Å²) in [4.78, 5) is 2.31. The summed E-state index contributed by atoms with van der Waals surface area (Å²) in [5.74, 6) is 1.69. The van der Waals surface area contributed by atoms with Crippen LogP contribution in [-0.2, 0) is 6.54 Å². The molecule has 0 saturated carbocycles. The molecule has 3 rings (SSSR count). The zero-order valence-electron chi connectivity index (χ0n) is 10.3. The van der Waals surface area contributed by atoms with Crippen LogP contribution in [0.15, 0.2) is 27.2 Å². The summed E-state index contributed by atoms with van der Waals surface area (Å²) in [6.07, 6.45) is 1.59. The standard InChI is InChI=1S/C12H16N4O2/c1-9-7-16(5-4-13-9)8-11-14-15-12(18-11)10-3-2-6-17-10/h2-3,6,9,13H,4-5,7-8H2,1H3/t9-/m0/s1. The van der Waals surface area contributed by atoms with Gasteiger partial charge in [0.2, 0.25) is 5.89 Å². The molecule has 1 fully saturated rings. The largest absolute Gasteiger partial charge is 0.459 e. The van der Waals surface area contributed by atoms with Crippen LogP contribution >= 0.6 is 0 Å². The Bertz CT molecular complexity index is 494. The molecule has 0 amide bonds. The van der Waals surface area contributed by atoms with Crippen LogP contribution in [0.2, 0.25) is 0 Å². The molecule has 1 N–H and O–H groups in total. The van der Waals surface area contributed by atoms with Gasteiger partial charge in [-0.1, -0.05) is 0 Å². The second-order valence-corrected chi connectivity index (χ2v) is 4.57. The number of nitrogens with one attached hydrogen (secondary N) is 1. The van der Waals surface area contributed by atoms with Gasteiger partial charge in [-0.25, -0.2) is 0 Å². The van der Waals surface area contributed by atoms with Gasteiger partial charge in [-0.3, -0.25) is 4.90 Å². The normalized spacial score (nSPS) is 21.3. The van der Waals surface area contributed by atoms with Crippen LogP contribution in [0.5, 0.6) is 0 Å². The highest BCUT2D eigenvalue weighted by molar-refractivity contribution is 5.42. The van der Waals surface area contributed by atoms with E-state index >= 15 is 0 Å². The van der Waals surface area contributed by atoms with Gasteiger partial charge in [-0.2, -0.15) is 0 Å². The highest BCUT2D eigenvalue weighted by Crippen LogP contribution is 2.18. The molecule has 6 heteroatoms. The summed E-state index contributed by atoms with van der Waals surface area (Å²) in [6.45, 7) is 5.87. The first-order chi connectivity index (χ1) is 8.81. The van der Waals surface area contributed by atoms with Crippen LogP contribution < -0.4 is 5.32 Å². The molecule has 0 bridgehead atoms. The van der Waals surface area contributed by atoms with Crippen LogP contribution in [0, 0.1) is 0 Å². The van der Waals surface area contributed by atoms with E-state index in [0.29, 0.717) is 30.1 Å². The van der Waals surface area contributed by atoms with Crippen molar-refractivity contribution < 1.29 is 8.83 Å². The van der Waals surface area contributed by atoms with E-state index in [2.05, 4.69) is 27.3 Å². The molecule has 3 heterocycles. The molecular formula is C12H16N4O2. The zero-order chi connectivity index (χ0) is 12.4. The lowest BCUT2D eigenvalue weighted by Gasteiger charge is -2.30. The monoisotopic (exact) mass is 248 g/mol. The molecule has 0 unspecified atom stereocenters. The fourth-order valence-electron chi connectivity index (χ4n) is 2.16. The van der Waals surface area contributed by atoms with Gasteiger partial charge in [0, 0.05) is 25.7 Å². The van der Waals surface area contributed by atoms with Crippen LogP contribution in [0.3, 0.4) is 0 Å². The van der Waals surface area contributed by atoms with Crippen LogP contribution in [-0.4, -0.2) is 40.8 Å². The minimum atomic E-state index is 0.443. The first kappa shape index (κ1) is 11.4. The van der Waals surface area contributed by atoms with Gasteiger partial charge >= 0.3 is 0 Å². The molecule has 96 valence electrons. The van der Waals surface area contributed by atoms with E-state index in [9.17, 15) is 0 Å². The molecule has 1 saturated heterocycles. The van der Waals surface area contributed by atoms with Crippen molar-refractivity contribution in [2.24, 2.45) is 0 Å². The minimum Gasteiger partial charge on any atom is -0.459 e. The van der Waals surface area contributed by atoms with E-state index in [1.54, 1.807) is 12.3 Å².